The summed E-state index contributed by atoms with van der Waals surface area (Å²) in [6, 6.07) is 1.21. The summed E-state index contributed by atoms with van der Waals surface area (Å²) >= 11 is 0. The van der Waals surface area contributed by atoms with E-state index in [1.165, 1.54) is 12.3 Å². The molecule has 9 nitrogen and oxygen atoms in total. The van der Waals surface area contributed by atoms with Crippen LogP contribution in [0.1, 0.15) is 37.0 Å². The highest BCUT2D eigenvalue weighted by Gasteiger charge is 2.45. The van der Waals surface area contributed by atoms with Crippen molar-refractivity contribution in [2.24, 2.45) is 11.1 Å². The lowest BCUT2D eigenvalue weighted by Crippen LogP contribution is -2.53. The number of ether oxygens (including phenoxy) is 1. The van der Waals surface area contributed by atoms with E-state index >= 15 is 0 Å². The van der Waals surface area contributed by atoms with Gasteiger partial charge >= 0.3 is 5.69 Å². The summed E-state index contributed by atoms with van der Waals surface area (Å²) in [6.45, 7) is 4.72. The molecular weight excluding hydrogens is 316 g/mol. The van der Waals surface area contributed by atoms with E-state index in [9.17, 15) is 20.0 Å². The van der Waals surface area contributed by atoms with Gasteiger partial charge in [-0.25, -0.2) is 4.98 Å². The number of carbonyl (C=O) groups is 1. The minimum Gasteiger partial charge on any atom is -0.387 e. The predicted molar refractivity (Wildman–Crippen MR) is 86.7 cm³/mol. The van der Waals surface area contributed by atoms with Crippen molar-refractivity contribution in [2.45, 2.75) is 32.3 Å². The van der Waals surface area contributed by atoms with Crippen LogP contribution in [0.2, 0.25) is 0 Å². The van der Waals surface area contributed by atoms with Crippen molar-refractivity contribution >= 4 is 17.4 Å². The molecule has 1 fully saturated rings. The third kappa shape index (κ3) is 3.46. The number of hydrogen-bond donors (Lipinski definition) is 3. The Morgan fingerprint density at radius 1 is 1.62 bits per heavy atom. The van der Waals surface area contributed by atoms with E-state index in [-0.39, 0.29) is 24.5 Å². The van der Waals surface area contributed by atoms with Crippen LogP contribution in [-0.4, -0.2) is 46.3 Å². The van der Waals surface area contributed by atoms with Gasteiger partial charge in [0.15, 0.2) is 0 Å². The number of primary amides is 1. The monoisotopic (exact) mass is 338 g/mol. The Labute approximate surface area is 139 Å². The van der Waals surface area contributed by atoms with Crippen molar-refractivity contribution < 1.29 is 19.6 Å². The van der Waals surface area contributed by atoms with Crippen molar-refractivity contribution in [3.05, 3.63) is 27.9 Å². The minimum absolute atomic E-state index is 0.0512. The first-order valence-corrected chi connectivity index (χ1v) is 7.65. The molecule has 0 radical (unpaired) electrons. The number of hydrogen-bond acceptors (Lipinski definition) is 7. The van der Waals surface area contributed by atoms with Gasteiger partial charge in [0.2, 0.25) is 5.82 Å². The Morgan fingerprint density at radius 3 is 2.88 bits per heavy atom. The molecule has 1 aliphatic heterocycles. The molecule has 0 saturated carbocycles. The molecule has 2 heterocycles. The number of nitrogens with two attached hydrogens (primary N) is 1. The second kappa shape index (κ2) is 6.70. The number of nitrogens with one attached hydrogen (secondary N) is 1. The van der Waals surface area contributed by atoms with Crippen LogP contribution in [0.15, 0.2) is 12.3 Å². The predicted octanol–water partition coefficient (Wildman–Crippen LogP) is 1.07. The fourth-order valence-electron chi connectivity index (χ4n) is 2.75. The molecule has 1 atom stereocenters. The summed E-state index contributed by atoms with van der Waals surface area (Å²) in [7, 11) is 0. The Morgan fingerprint density at radius 2 is 2.33 bits per heavy atom. The van der Waals surface area contributed by atoms with Crippen LogP contribution >= 0.6 is 0 Å². The van der Waals surface area contributed by atoms with E-state index in [1.54, 1.807) is 0 Å². The topological polar surface area (TPSA) is 141 Å². The number of aliphatic hydroxyl groups is 1. The highest BCUT2D eigenvalue weighted by atomic mass is 16.6. The van der Waals surface area contributed by atoms with Crippen molar-refractivity contribution in [2.75, 3.05) is 25.1 Å². The van der Waals surface area contributed by atoms with Crippen LogP contribution in [0, 0.1) is 15.5 Å². The molecule has 1 amide bonds. The molecule has 2 rings (SSSR count). The summed E-state index contributed by atoms with van der Waals surface area (Å²) < 4.78 is 5.37. The van der Waals surface area contributed by atoms with Crippen LogP contribution in [0.5, 0.6) is 0 Å². The maximum atomic E-state index is 11.4. The maximum absolute atomic E-state index is 11.4. The summed E-state index contributed by atoms with van der Waals surface area (Å²) in [4.78, 5) is 25.9. The van der Waals surface area contributed by atoms with Crippen LogP contribution in [0.4, 0.5) is 11.5 Å². The van der Waals surface area contributed by atoms with E-state index in [4.69, 9.17) is 10.5 Å². The molecular formula is C15H22N4O5. The quantitative estimate of drug-likeness (QED) is 0.520. The number of nitrogens with zero attached hydrogens (tertiary/aromatic N) is 2. The third-order valence-electron chi connectivity index (χ3n) is 4.55. The van der Waals surface area contributed by atoms with Gasteiger partial charge in [-0.1, -0.05) is 13.8 Å². The maximum Gasteiger partial charge on any atom is 0.324 e. The van der Waals surface area contributed by atoms with Gasteiger partial charge in [-0.2, -0.15) is 0 Å². The molecule has 24 heavy (non-hydrogen) atoms. The summed E-state index contributed by atoms with van der Waals surface area (Å²) in [5.74, 6) is -0.949. The zero-order chi connectivity index (χ0) is 18.0. The standard InChI is InChI=1S/C15H22N4O5/c1-14(2,15(21)5-3-7-24-9-15)8-18-13-11(19(22)23)10(12(16)20)4-6-17-13/h4,6,21H,3,5,7-9H2,1-2H3,(H2,16,20)(H,17,18). The molecule has 9 heteroatoms. The molecule has 0 aliphatic carbocycles. The van der Waals surface area contributed by atoms with Crippen LogP contribution in [-0.2, 0) is 4.74 Å². The smallest absolute Gasteiger partial charge is 0.324 e. The lowest BCUT2D eigenvalue weighted by atomic mass is 9.72. The van der Waals surface area contributed by atoms with Crippen molar-refractivity contribution in [1.82, 2.24) is 4.98 Å². The molecule has 0 spiro atoms. The van der Waals surface area contributed by atoms with E-state index in [0.29, 0.717) is 13.0 Å². The summed E-state index contributed by atoms with van der Waals surface area (Å²) in [6.07, 6.45) is 2.61. The fraction of sp³-hybridized carbons (Fsp3) is 0.600. The molecule has 1 unspecified atom stereocenters. The van der Waals surface area contributed by atoms with Crippen LogP contribution in [0.3, 0.4) is 0 Å². The minimum atomic E-state index is -1.05. The average molecular weight is 338 g/mol. The Balaban J connectivity index is 2.24. The SMILES string of the molecule is CC(C)(CNc1nccc(C(N)=O)c1[N+](=O)[O-])C1(O)CCCOC1. The number of anilines is 1. The molecule has 1 aromatic heterocycles. The molecule has 1 saturated heterocycles. The highest BCUT2D eigenvalue weighted by molar-refractivity contribution is 5.98. The van der Waals surface area contributed by atoms with Crippen LogP contribution in [0.25, 0.3) is 0 Å². The molecule has 4 N–H and O–H groups in total. The first kappa shape index (κ1) is 18.1. The first-order valence-electron chi connectivity index (χ1n) is 7.65. The Hall–Kier alpha value is -2.26. The van der Waals surface area contributed by atoms with E-state index in [0.717, 1.165) is 6.42 Å². The first-order chi connectivity index (χ1) is 11.2. The fourth-order valence-corrected chi connectivity index (χ4v) is 2.75. The van der Waals surface area contributed by atoms with Gasteiger partial charge in [0.1, 0.15) is 5.56 Å². The number of rotatable bonds is 6. The molecule has 132 valence electrons. The second-order valence-corrected chi connectivity index (χ2v) is 6.60. The highest BCUT2D eigenvalue weighted by Crippen LogP contribution is 2.38. The lowest BCUT2D eigenvalue weighted by Gasteiger charge is -2.45. The normalized spacial score (nSPS) is 21.3. The Bertz CT molecular complexity index is 641. The van der Waals surface area contributed by atoms with Gasteiger partial charge in [0.25, 0.3) is 5.91 Å². The Kier molecular flexibility index (Phi) is 5.05. The van der Waals surface area contributed by atoms with Gasteiger partial charge in [0.05, 0.1) is 17.1 Å². The number of amides is 1. The third-order valence-corrected chi connectivity index (χ3v) is 4.55. The summed E-state index contributed by atoms with van der Waals surface area (Å²) in [5.41, 5.74) is 2.83. The van der Waals surface area contributed by atoms with Crippen molar-refractivity contribution in [1.29, 1.82) is 0 Å². The zero-order valence-electron chi connectivity index (χ0n) is 13.7. The number of carbonyl (C=O) groups excluding carboxylic acids is 1. The van der Waals surface area contributed by atoms with Crippen molar-refractivity contribution in [3.8, 4) is 0 Å². The average Bonchev–Trinajstić information content (AvgIpc) is 2.53. The molecule has 0 aromatic carbocycles. The van der Waals surface area contributed by atoms with Crippen molar-refractivity contribution in [3.63, 3.8) is 0 Å². The van der Waals surface area contributed by atoms with Gasteiger partial charge in [0, 0.05) is 24.8 Å². The lowest BCUT2D eigenvalue weighted by molar-refractivity contribution is -0.384. The zero-order valence-corrected chi connectivity index (χ0v) is 13.7. The van der Waals surface area contributed by atoms with Gasteiger partial charge < -0.3 is 20.9 Å². The molecule has 0 bridgehead atoms. The van der Waals surface area contributed by atoms with Gasteiger partial charge in [-0.15, -0.1) is 0 Å². The van der Waals surface area contributed by atoms with E-state index < -0.39 is 27.5 Å². The number of aromatic nitrogens is 1. The number of nitro groups is 1. The van der Waals surface area contributed by atoms with E-state index in [1.807, 2.05) is 13.8 Å². The van der Waals surface area contributed by atoms with Crippen LogP contribution < -0.4 is 11.1 Å². The molecule has 1 aromatic rings. The largest absolute Gasteiger partial charge is 0.387 e. The summed E-state index contributed by atoms with van der Waals surface area (Å²) in [5, 5.41) is 25.0. The van der Waals surface area contributed by atoms with Gasteiger partial charge in [-0.05, 0) is 18.9 Å². The second-order valence-electron chi connectivity index (χ2n) is 6.60. The molecule has 1 aliphatic rings. The van der Waals surface area contributed by atoms with Gasteiger partial charge in [-0.3, -0.25) is 14.9 Å². The number of pyridine rings is 1. The van der Waals surface area contributed by atoms with E-state index in [2.05, 4.69) is 10.3 Å².